The first-order valence-electron chi connectivity index (χ1n) is 6.16. The summed E-state index contributed by atoms with van der Waals surface area (Å²) in [5.41, 5.74) is 7.61. The van der Waals surface area contributed by atoms with Gasteiger partial charge in [0.1, 0.15) is 5.82 Å². The predicted octanol–water partition coefficient (Wildman–Crippen LogP) is 3.02. The van der Waals surface area contributed by atoms with Gasteiger partial charge in [-0.05, 0) is 47.0 Å². The summed E-state index contributed by atoms with van der Waals surface area (Å²) >= 11 is 3.05. The first-order valence-corrected chi connectivity index (χ1v) is 6.95. The van der Waals surface area contributed by atoms with E-state index >= 15 is 0 Å². The molecule has 5 nitrogen and oxygen atoms in total. The SMILES string of the molecule is Nc1c(C(=O)Nc2ccc(Br)c(F)c2)n[nH]c1C1CC1. The van der Waals surface area contributed by atoms with Gasteiger partial charge in [0.15, 0.2) is 5.69 Å². The summed E-state index contributed by atoms with van der Waals surface area (Å²) in [6.07, 6.45) is 2.12. The van der Waals surface area contributed by atoms with Crippen molar-refractivity contribution in [2.45, 2.75) is 18.8 Å². The first kappa shape index (κ1) is 13.1. The van der Waals surface area contributed by atoms with E-state index in [1.54, 1.807) is 6.07 Å². The van der Waals surface area contributed by atoms with E-state index < -0.39 is 11.7 Å². The molecule has 4 N–H and O–H groups in total. The number of anilines is 2. The Morgan fingerprint density at radius 3 is 2.90 bits per heavy atom. The second-order valence-corrected chi connectivity index (χ2v) is 5.61. The Kier molecular flexibility index (Phi) is 3.21. The Hall–Kier alpha value is -1.89. The van der Waals surface area contributed by atoms with E-state index in [1.165, 1.54) is 12.1 Å². The number of nitrogens with one attached hydrogen (secondary N) is 2. The molecule has 0 radical (unpaired) electrons. The highest BCUT2D eigenvalue weighted by Crippen LogP contribution is 2.42. The number of nitrogens with two attached hydrogens (primary N) is 1. The molecular formula is C13H12BrFN4O. The van der Waals surface area contributed by atoms with Gasteiger partial charge in [0.05, 0.1) is 15.9 Å². The Balaban J connectivity index is 1.80. The van der Waals surface area contributed by atoms with E-state index in [4.69, 9.17) is 5.73 Å². The number of H-pyrrole nitrogens is 1. The third-order valence-corrected chi connectivity index (χ3v) is 3.85. The van der Waals surface area contributed by atoms with Crippen LogP contribution in [-0.2, 0) is 0 Å². The molecule has 1 fully saturated rings. The van der Waals surface area contributed by atoms with Crippen molar-refractivity contribution in [2.75, 3.05) is 11.1 Å². The smallest absolute Gasteiger partial charge is 0.278 e. The highest BCUT2D eigenvalue weighted by Gasteiger charge is 2.30. The van der Waals surface area contributed by atoms with Crippen molar-refractivity contribution < 1.29 is 9.18 Å². The number of aromatic amines is 1. The van der Waals surface area contributed by atoms with Crippen LogP contribution in [0.4, 0.5) is 15.8 Å². The molecule has 1 saturated carbocycles. The monoisotopic (exact) mass is 338 g/mol. The lowest BCUT2D eigenvalue weighted by molar-refractivity contribution is 0.102. The third kappa shape index (κ3) is 2.40. The van der Waals surface area contributed by atoms with Crippen LogP contribution in [0.1, 0.15) is 34.9 Å². The van der Waals surface area contributed by atoms with Crippen molar-refractivity contribution in [3.63, 3.8) is 0 Å². The Bertz CT molecular complexity index is 681. The highest BCUT2D eigenvalue weighted by molar-refractivity contribution is 9.10. The molecule has 0 atom stereocenters. The van der Waals surface area contributed by atoms with Gasteiger partial charge in [0.25, 0.3) is 5.91 Å². The lowest BCUT2D eigenvalue weighted by atomic mass is 10.2. The zero-order valence-corrected chi connectivity index (χ0v) is 12.0. The van der Waals surface area contributed by atoms with Gasteiger partial charge in [-0.2, -0.15) is 5.10 Å². The summed E-state index contributed by atoms with van der Waals surface area (Å²) in [4.78, 5) is 12.1. The van der Waals surface area contributed by atoms with Crippen molar-refractivity contribution >= 4 is 33.2 Å². The van der Waals surface area contributed by atoms with E-state index in [0.717, 1.165) is 18.5 Å². The molecule has 0 saturated heterocycles. The summed E-state index contributed by atoms with van der Waals surface area (Å²) in [5, 5.41) is 9.33. The van der Waals surface area contributed by atoms with E-state index in [1.807, 2.05) is 0 Å². The molecule has 1 heterocycles. The van der Waals surface area contributed by atoms with Crippen molar-refractivity contribution in [3.8, 4) is 0 Å². The molecule has 3 rings (SSSR count). The molecule has 7 heteroatoms. The van der Waals surface area contributed by atoms with Crippen LogP contribution in [0.25, 0.3) is 0 Å². The first-order chi connectivity index (χ1) is 9.56. The number of nitrogen functional groups attached to an aromatic ring is 1. The molecule has 1 amide bonds. The average molecular weight is 339 g/mol. The molecule has 20 heavy (non-hydrogen) atoms. The maximum atomic E-state index is 13.4. The van der Waals surface area contributed by atoms with Crippen molar-refractivity contribution in [3.05, 3.63) is 39.9 Å². The normalized spacial score (nSPS) is 14.3. The number of hydrogen-bond donors (Lipinski definition) is 3. The minimum absolute atomic E-state index is 0.148. The number of nitrogens with zero attached hydrogens (tertiary/aromatic N) is 1. The second-order valence-electron chi connectivity index (χ2n) is 4.76. The highest BCUT2D eigenvalue weighted by atomic mass is 79.9. The van der Waals surface area contributed by atoms with Crippen LogP contribution in [0.3, 0.4) is 0 Å². The van der Waals surface area contributed by atoms with E-state index in [9.17, 15) is 9.18 Å². The molecule has 2 aromatic rings. The van der Waals surface area contributed by atoms with Crippen molar-refractivity contribution in [1.82, 2.24) is 10.2 Å². The number of aromatic nitrogens is 2. The standard InChI is InChI=1S/C13H12BrFN4O/c14-8-4-3-7(5-9(8)15)17-13(20)12-10(16)11(18-19-12)6-1-2-6/h3-6H,1-2,16H2,(H,17,20)(H,18,19). The second kappa shape index (κ2) is 4.90. The van der Waals surface area contributed by atoms with Crippen molar-refractivity contribution in [2.24, 2.45) is 0 Å². The van der Waals surface area contributed by atoms with Crippen LogP contribution < -0.4 is 11.1 Å². The number of amides is 1. The van der Waals surface area contributed by atoms with Gasteiger partial charge in [0, 0.05) is 11.6 Å². The Morgan fingerprint density at radius 1 is 1.50 bits per heavy atom. The third-order valence-electron chi connectivity index (χ3n) is 3.21. The van der Waals surface area contributed by atoms with Gasteiger partial charge < -0.3 is 11.1 Å². The molecule has 0 spiro atoms. The molecule has 0 aliphatic heterocycles. The van der Waals surface area contributed by atoms with Gasteiger partial charge in [-0.15, -0.1) is 0 Å². The van der Waals surface area contributed by atoms with Gasteiger partial charge in [-0.1, -0.05) is 0 Å². The molecule has 0 unspecified atom stereocenters. The quantitative estimate of drug-likeness (QED) is 0.804. The number of benzene rings is 1. The number of carbonyl (C=O) groups excluding carboxylic acids is 1. The molecule has 1 aromatic carbocycles. The largest absolute Gasteiger partial charge is 0.395 e. The van der Waals surface area contributed by atoms with E-state index in [2.05, 4.69) is 31.4 Å². The van der Waals surface area contributed by atoms with Gasteiger partial charge in [0.2, 0.25) is 0 Å². The van der Waals surface area contributed by atoms with Gasteiger partial charge in [-0.25, -0.2) is 4.39 Å². The van der Waals surface area contributed by atoms with Crippen molar-refractivity contribution in [1.29, 1.82) is 0 Å². The predicted molar refractivity (Wildman–Crippen MR) is 77.0 cm³/mol. The fourth-order valence-corrected chi connectivity index (χ4v) is 2.23. The Morgan fingerprint density at radius 2 is 2.25 bits per heavy atom. The lowest BCUT2D eigenvalue weighted by Gasteiger charge is -2.05. The van der Waals surface area contributed by atoms with Gasteiger partial charge in [-0.3, -0.25) is 9.89 Å². The summed E-state index contributed by atoms with van der Waals surface area (Å²) in [6.45, 7) is 0. The number of carbonyl (C=O) groups is 1. The molecule has 1 aliphatic carbocycles. The number of rotatable bonds is 3. The number of halogens is 2. The molecule has 1 aliphatic rings. The molecule has 0 bridgehead atoms. The zero-order valence-electron chi connectivity index (χ0n) is 10.4. The summed E-state index contributed by atoms with van der Waals surface area (Å²) in [6, 6.07) is 4.34. The average Bonchev–Trinajstić information content (AvgIpc) is 3.17. The summed E-state index contributed by atoms with van der Waals surface area (Å²) in [5.74, 6) is -0.516. The summed E-state index contributed by atoms with van der Waals surface area (Å²) < 4.78 is 13.7. The van der Waals surface area contributed by atoms with Crippen LogP contribution in [0, 0.1) is 5.82 Å². The number of hydrogen-bond acceptors (Lipinski definition) is 3. The lowest BCUT2D eigenvalue weighted by Crippen LogP contribution is -2.14. The molecule has 104 valence electrons. The fourth-order valence-electron chi connectivity index (χ4n) is 1.98. The minimum Gasteiger partial charge on any atom is -0.395 e. The van der Waals surface area contributed by atoms with Crippen LogP contribution >= 0.6 is 15.9 Å². The zero-order chi connectivity index (χ0) is 14.3. The minimum atomic E-state index is -0.452. The molecule has 1 aromatic heterocycles. The summed E-state index contributed by atoms with van der Waals surface area (Å²) in [7, 11) is 0. The van der Waals surface area contributed by atoms with E-state index in [0.29, 0.717) is 21.8 Å². The van der Waals surface area contributed by atoms with Crippen LogP contribution in [0.15, 0.2) is 22.7 Å². The van der Waals surface area contributed by atoms with E-state index in [-0.39, 0.29) is 5.69 Å². The van der Waals surface area contributed by atoms with Crippen LogP contribution in [-0.4, -0.2) is 16.1 Å². The maximum absolute atomic E-state index is 13.4. The van der Waals surface area contributed by atoms with Crippen LogP contribution in [0.2, 0.25) is 0 Å². The van der Waals surface area contributed by atoms with Gasteiger partial charge >= 0.3 is 0 Å². The molecular weight excluding hydrogens is 327 g/mol. The fraction of sp³-hybridized carbons (Fsp3) is 0.231. The Labute approximate surface area is 122 Å². The van der Waals surface area contributed by atoms with Crippen LogP contribution in [0.5, 0.6) is 0 Å². The maximum Gasteiger partial charge on any atom is 0.278 e. The topological polar surface area (TPSA) is 83.8 Å².